The van der Waals surface area contributed by atoms with Gasteiger partial charge in [0.25, 0.3) is 5.56 Å². The monoisotopic (exact) mass is 592 g/mol. The van der Waals surface area contributed by atoms with E-state index in [2.05, 4.69) is 50.7 Å². The summed E-state index contributed by atoms with van der Waals surface area (Å²) in [5, 5.41) is 0. The lowest BCUT2D eigenvalue weighted by Crippen LogP contribution is -2.39. The van der Waals surface area contributed by atoms with E-state index in [0.29, 0.717) is 37.0 Å². The van der Waals surface area contributed by atoms with Crippen LogP contribution in [0.15, 0.2) is 64.9 Å². The number of carbonyl (C=O) groups excluding carboxylic acids is 1. The fraction of sp³-hybridized carbons (Fsp3) is 0.292. The molecule has 0 N–H and O–H groups in total. The van der Waals surface area contributed by atoms with Gasteiger partial charge >= 0.3 is 5.97 Å². The quantitative estimate of drug-likeness (QED) is 0.389. The van der Waals surface area contributed by atoms with E-state index >= 15 is 0 Å². The van der Waals surface area contributed by atoms with Crippen LogP contribution in [-0.4, -0.2) is 17.1 Å². The van der Waals surface area contributed by atoms with Gasteiger partial charge in [0.05, 0.1) is 32.9 Å². The summed E-state index contributed by atoms with van der Waals surface area (Å²) in [5.41, 5.74) is 2.68. The molecule has 0 saturated heterocycles. The second-order valence-electron chi connectivity index (χ2n) is 7.89. The zero-order valence-corrected chi connectivity index (χ0v) is 22.5. The van der Waals surface area contributed by atoms with E-state index in [4.69, 9.17) is 9.15 Å². The fourth-order valence-electron chi connectivity index (χ4n) is 3.73. The van der Waals surface area contributed by atoms with Crippen LogP contribution in [0.1, 0.15) is 56.5 Å². The van der Waals surface area contributed by atoms with Crippen LogP contribution in [0.25, 0.3) is 6.08 Å². The predicted molar refractivity (Wildman–Crippen MR) is 135 cm³/mol. The summed E-state index contributed by atoms with van der Waals surface area (Å²) in [7, 11) is 0. The minimum Gasteiger partial charge on any atom is -0.463 e. The van der Waals surface area contributed by atoms with E-state index in [0.717, 1.165) is 10.0 Å². The second kappa shape index (κ2) is 9.56. The molecule has 0 saturated carbocycles. The van der Waals surface area contributed by atoms with Crippen molar-refractivity contribution in [3.05, 3.63) is 87.3 Å². The molecule has 1 aliphatic rings. The van der Waals surface area contributed by atoms with Crippen LogP contribution in [0.4, 0.5) is 0 Å². The zero-order chi connectivity index (χ0) is 23.9. The Hall–Kier alpha value is -2.23. The minimum absolute atomic E-state index is 0.237. The van der Waals surface area contributed by atoms with Crippen molar-refractivity contribution in [2.45, 2.75) is 39.7 Å². The van der Waals surface area contributed by atoms with Crippen molar-refractivity contribution in [3.63, 3.8) is 0 Å². The molecule has 1 aliphatic heterocycles. The van der Waals surface area contributed by atoms with Crippen LogP contribution < -0.4 is 14.9 Å². The van der Waals surface area contributed by atoms with Gasteiger partial charge in [-0.25, -0.2) is 9.79 Å². The average Bonchev–Trinajstić information content (AvgIpc) is 3.25. The van der Waals surface area contributed by atoms with Crippen LogP contribution in [0.5, 0.6) is 0 Å². The van der Waals surface area contributed by atoms with Crippen LogP contribution in [-0.2, 0) is 9.53 Å². The molecule has 2 aromatic heterocycles. The van der Waals surface area contributed by atoms with E-state index in [-0.39, 0.29) is 12.2 Å². The highest BCUT2D eigenvalue weighted by Crippen LogP contribution is 2.32. The molecule has 6 nitrogen and oxygen atoms in total. The summed E-state index contributed by atoms with van der Waals surface area (Å²) < 4.78 is 14.3. The SMILES string of the molecule is CCOC(=O)C1=C(C)N=c2s/c(=C\c3cc(Br)c(Br)o3)c(=O)n2[C@@H]1c1ccc(C(C)C)cc1. The highest BCUT2D eigenvalue weighted by molar-refractivity contribution is 9.13. The van der Waals surface area contributed by atoms with Gasteiger partial charge in [0.2, 0.25) is 0 Å². The van der Waals surface area contributed by atoms with Crippen molar-refractivity contribution in [3.8, 4) is 0 Å². The number of ether oxygens (including phenoxy) is 1. The third kappa shape index (κ3) is 4.58. The third-order valence-corrected chi connectivity index (χ3v) is 8.07. The maximum atomic E-state index is 13.5. The zero-order valence-electron chi connectivity index (χ0n) is 18.5. The van der Waals surface area contributed by atoms with Gasteiger partial charge in [0.1, 0.15) is 5.76 Å². The van der Waals surface area contributed by atoms with E-state index in [1.807, 2.05) is 24.3 Å². The first-order valence-electron chi connectivity index (χ1n) is 10.5. The maximum absolute atomic E-state index is 13.5. The molecule has 0 bridgehead atoms. The molecule has 0 amide bonds. The standard InChI is InChI=1S/C24H22Br2N2O4S/c1-5-31-23(30)19-13(4)27-24-28(20(19)15-8-6-14(7-9-15)12(2)3)22(29)18(33-24)11-16-10-17(25)21(26)32-16/h6-12,20H,5H2,1-4H3/b18-11-/t20-/m1/s1. The molecule has 172 valence electrons. The Balaban J connectivity index is 1.93. The van der Waals surface area contributed by atoms with Gasteiger partial charge in [0, 0.05) is 6.08 Å². The van der Waals surface area contributed by atoms with Crippen molar-refractivity contribution < 1.29 is 13.9 Å². The first-order chi connectivity index (χ1) is 15.7. The molecule has 0 spiro atoms. The van der Waals surface area contributed by atoms with E-state index < -0.39 is 12.0 Å². The minimum atomic E-state index is -0.626. The number of thiazole rings is 1. The van der Waals surface area contributed by atoms with Gasteiger partial charge in [-0.2, -0.15) is 0 Å². The summed E-state index contributed by atoms with van der Waals surface area (Å²) in [4.78, 5) is 31.6. The lowest BCUT2D eigenvalue weighted by Gasteiger charge is -2.25. The van der Waals surface area contributed by atoms with Crippen LogP contribution >= 0.6 is 43.2 Å². The Kier molecular flexibility index (Phi) is 6.93. The number of benzene rings is 1. The molecular weight excluding hydrogens is 572 g/mol. The predicted octanol–water partition coefficient (Wildman–Crippen LogP) is 5.04. The number of hydrogen-bond donors (Lipinski definition) is 0. The summed E-state index contributed by atoms with van der Waals surface area (Å²) in [6, 6.07) is 9.15. The lowest BCUT2D eigenvalue weighted by molar-refractivity contribution is -0.139. The molecule has 4 rings (SSSR count). The normalized spacial score (nSPS) is 16.2. The van der Waals surface area contributed by atoms with Crippen molar-refractivity contribution in [1.29, 1.82) is 0 Å². The van der Waals surface area contributed by atoms with Gasteiger partial charge in [-0.3, -0.25) is 9.36 Å². The molecule has 9 heteroatoms. The molecule has 3 heterocycles. The van der Waals surface area contributed by atoms with Gasteiger partial charge in [-0.1, -0.05) is 49.4 Å². The van der Waals surface area contributed by atoms with Crippen molar-refractivity contribution in [2.24, 2.45) is 4.99 Å². The van der Waals surface area contributed by atoms with Gasteiger partial charge in [-0.05, 0) is 68.8 Å². The third-order valence-electron chi connectivity index (χ3n) is 5.37. The Morgan fingerprint density at radius 2 is 2.00 bits per heavy atom. The molecule has 33 heavy (non-hydrogen) atoms. The summed E-state index contributed by atoms with van der Waals surface area (Å²) in [6.07, 6.45) is 1.68. The first kappa shape index (κ1) is 23.9. The lowest BCUT2D eigenvalue weighted by atomic mass is 9.93. The Morgan fingerprint density at radius 3 is 2.58 bits per heavy atom. The highest BCUT2D eigenvalue weighted by atomic mass is 79.9. The number of allylic oxidation sites excluding steroid dienone is 1. The number of halogens is 2. The molecule has 0 unspecified atom stereocenters. The van der Waals surface area contributed by atoms with Gasteiger partial charge in [0.15, 0.2) is 9.47 Å². The molecule has 0 radical (unpaired) electrons. The Bertz CT molecular complexity index is 1410. The fourth-order valence-corrected chi connectivity index (χ4v) is 5.37. The molecule has 1 atom stereocenters. The topological polar surface area (TPSA) is 73.8 Å². The number of furan rings is 1. The number of hydrogen-bond acceptors (Lipinski definition) is 6. The van der Waals surface area contributed by atoms with Crippen LogP contribution in [0.2, 0.25) is 0 Å². The van der Waals surface area contributed by atoms with Crippen molar-refractivity contribution in [1.82, 2.24) is 4.57 Å². The van der Waals surface area contributed by atoms with Crippen molar-refractivity contribution in [2.75, 3.05) is 6.61 Å². The molecule has 3 aromatic rings. The highest BCUT2D eigenvalue weighted by Gasteiger charge is 2.33. The van der Waals surface area contributed by atoms with Crippen molar-refractivity contribution >= 4 is 55.2 Å². The smallest absolute Gasteiger partial charge is 0.338 e. The molecule has 0 aliphatic carbocycles. The number of rotatable bonds is 5. The Morgan fingerprint density at radius 1 is 1.30 bits per heavy atom. The van der Waals surface area contributed by atoms with Gasteiger partial charge < -0.3 is 9.15 Å². The van der Waals surface area contributed by atoms with E-state index in [1.54, 1.807) is 30.6 Å². The summed E-state index contributed by atoms with van der Waals surface area (Å²) in [5.74, 6) is 0.429. The van der Waals surface area contributed by atoms with E-state index in [9.17, 15) is 9.59 Å². The summed E-state index contributed by atoms with van der Waals surface area (Å²) in [6.45, 7) is 8.02. The van der Waals surface area contributed by atoms with Crippen LogP contribution in [0.3, 0.4) is 0 Å². The van der Waals surface area contributed by atoms with E-state index in [1.165, 1.54) is 16.9 Å². The largest absolute Gasteiger partial charge is 0.463 e. The second-order valence-corrected chi connectivity index (χ2v) is 10.5. The number of esters is 1. The molecular formula is C24H22Br2N2O4S. The first-order valence-corrected chi connectivity index (χ1v) is 12.9. The van der Waals surface area contributed by atoms with Crippen LogP contribution in [0, 0.1) is 0 Å². The molecule has 0 fully saturated rings. The summed E-state index contributed by atoms with van der Waals surface area (Å²) >= 11 is 7.97. The number of nitrogens with zero attached hydrogens (tertiary/aromatic N) is 2. The molecule has 1 aromatic carbocycles. The number of carbonyl (C=O) groups is 1. The number of fused-ring (bicyclic) bond motifs is 1. The Labute approximate surface area is 211 Å². The average molecular weight is 594 g/mol. The van der Waals surface area contributed by atoms with Gasteiger partial charge in [-0.15, -0.1) is 0 Å². The number of aromatic nitrogens is 1. The maximum Gasteiger partial charge on any atom is 0.338 e.